The molecule has 5 heteroatoms. The lowest BCUT2D eigenvalue weighted by atomic mass is 10.4. The molecule has 0 spiro atoms. The largest absolute Gasteiger partial charge is 0.307 e. The molecule has 0 unspecified atom stereocenters. The summed E-state index contributed by atoms with van der Waals surface area (Å²) in [6, 6.07) is 1.93. The van der Waals surface area contributed by atoms with E-state index in [1.54, 1.807) is 11.3 Å². The predicted molar refractivity (Wildman–Crippen MR) is 45.2 cm³/mol. The van der Waals surface area contributed by atoms with Gasteiger partial charge in [0.05, 0.1) is 10.2 Å². The number of nitrogens with zero attached hydrogens (tertiary/aromatic N) is 2. The number of anilines is 1. The summed E-state index contributed by atoms with van der Waals surface area (Å²) >= 11 is 1.57. The minimum absolute atomic E-state index is 0.685. The van der Waals surface area contributed by atoms with Gasteiger partial charge in [0.25, 0.3) is 0 Å². The lowest BCUT2D eigenvalue weighted by Crippen LogP contribution is -2.08. The molecule has 0 fully saturated rings. The first-order valence-electron chi connectivity index (χ1n) is 3.06. The van der Waals surface area contributed by atoms with E-state index >= 15 is 0 Å². The summed E-state index contributed by atoms with van der Waals surface area (Å²) in [6.07, 6.45) is 1.49. The zero-order valence-corrected chi connectivity index (χ0v) is 6.43. The number of fused-ring (bicyclic) bond motifs is 1. The van der Waals surface area contributed by atoms with Gasteiger partial charge in [0.2, 0.25) is 0 Å². The van der Waals surface area contributed by atoms with Crippen molar-refractivity contribution in [3.05, 3.63) is 17.8 Å². The number of thiophene rings is 1. The molecule has 11 heavy (non-hydrogen) atoms. The van der Waals surface area contributed by atoms with Crippen molar-refractivity contribution >= 4 is 27.4 Å². The Labute approximate surface area is 67.1 Å². The average Bonchev–Trinajstić information content (AvgIpc) is 2.50. The standard InChI is InChI=1S/C6H6N4S/c7-10-6-5-4(1-2-11-5)8-3-9-6/h1-3H,7H2,(H,8,9,10). The molecule has 0 amide bonds. The van der Waals surface area contributed by atoms with E-state index in [2.05, 4.69) is 15.4 Å². The summed E-state index contributed by atoms with van der Waals surface area (Å²) < 4.78 is 0.995. The second kappa shape index (κ2) is 2.44. The molecule has 0 aliphatic rings. The van der Waals surface area contributed by atoms with Crippen LogP contribution in [0.1, 0.15) is 0 Å². The van der Waals surface area contributed by atoms with E-state index in [1.165, 1.54) is 6.33 Å². The van der Waals surface area contributed by atoms with E-state index < -0.39 is 0 Å². The van der Waals surface area contributed by atoms with Crippen LogP contribution in [0.4, 0.5) is 5.82 Å². The van der Waals surface area contributed by atoms with Gasteiger partial charge in [-0.2, -0.15) is 0 Å². The van der Waals surface area contributed by atoms with Gasteiger partial charge >= 0.3 is 0 Å². The second-order valence-corrected chi connectivity index (χ2v) is 2.92. The van der Waals surface area contributed by atoms with Crippen LogP contribution in [0, 0.1) is 0 Å². The molecule has 0 bridgehead atoms. The van der Waals surface area contributed by atoms with Crippen LogP contribution in [0.15, 0.2) is 17.8 Å². The molecule has 3 N–H and O–H groups in total. The van der Waals surface area contributed by atoms with Crippen molar-refractivity contribution in [3.63, 3.8) is 0 Å². The fourth-order valence-corrected chi connectivity index (χ4v) is 1.69. The lowest BCUT2D eigenvalue weighted by molar-refractivity contribution is 1.19. The molecular weight excluding hydrogens is 160 g/mol. The van der Waals surface area contributed by atoms with Crippen molar-refractivity contribution in [2.45, 2.75) is 0 Å². The van der Waals surface area contributed by atoms with Crippen molar-refractivity contribution in [1.82, 2.24) is 9.97 Å². The van der Waals surface area contributed by atoms with E-state index in [-0.39, 0.29) is 0 Å². The molecule has 0 aliphatic heterocycles. The van der Waals surface area contributed by atoms with Crippen LogP contribution in [0.3, 0.4) is 0 Å². The molecule has 2 heterocycles. The van der Waals surface area contributed by atoms with Gasteiger partial charge in [-0.05, 0) is 11.4 Å². The number of hydrazine groups is 1. The van der Waals surface area contributed by atoms with Gasteiger partial charge < -0.3 is 5.43 Å². The second-order valence-electron chi connectivity index (χ2n) is 2.00. The maximum atomic E-state index is 5.24. The molecule has 0 saturated heterocycles. The molecule has 0 aliphatic carbocycles. The number of hydrogen-bond acceptors (Lipinski definition) is 5. The molecule has 0 atom stereocenters. The first-order valence-corrected chi connectivity index (χ1v) is 3.94. The van der Waals surface area contributed by atoms with Gasteiger partial charge in [-0.3, -0.25) is 0 Å². The third kappa shape index (κ3) is 0.941. The predicted octanol–water partition coefficient (Wildman–Crippen LogP) is 0.977. The molecule has 0 saturated carbocycles. The highest BCUT2D eigenvalue weighted by molar-refractivity contribution is 7.17. The first kappa shape index (κ1) is 6.51. The van der Waals surface area contributed by atoms with Gasteiger partial charge in [0, 0.05) is 0 Å². The molecule has 2 aromatic rings. The van der Waals surface area contributed by atoms with Gasteiger partial charge in [0.15, 0.2) is 5.82 Å². The monoisotopic (exact) mass is 166 g/mol. The highest BCUT2D eigenvalue weighted by Crippen LogP contribution is 2.23. The number of aromatic nitrogens is 2. The number of nitrogens with one attached hydrogen (secondary N) is 1. The quantitative estimate of drug-likeness (QED) is 0.489. The Balaban J connectivity index is 2.79. The van der Waals surface area contributed by atoms with Gasteiger partial charge in [-0.1, -0.05) is 0 Å². The molecule has 2 rings (SSSR count). The van der Waals surface area contributed by atoms with Crippen LogP contribution in [0.5, 0.6) is 0 Å². The third-order valence-electron chi connectivity index (χ3n) is 1.38. The number of nitrogens with two attached hydrogens (primary N) is 1. The average molecular weight is 166 g/mol. The van der Waals surface area contributed by atoms with Crippen molar-refractivity contribution in [2.75, 3.05) is 5.43 Å². The van der Waals surface area contributed by atoms with E-state index in [9.17, 15) is 0 Å². The first-order chi connectivity index (χ1) is 5.42. The van der Waals surface area contributed by atoms with E-state index in [0.717, 1.165) is 10.2 Å². The Hall–Kier alpha value is -1.20. The molecular formula is C6H6N4S. The van der Waals surface area contributed by atoms with Crippen LogP contribution in [0.25, 0.3) is 10.2 Å². The zero-order valence-electron chi connectivity index (χ0n) is 5.61. The topological polar surface area (TPSA) is 63.8 Å². The van der Waals surface area contributed by atoms with E-state index in [1.807, 2.05) is 11.4 Å². The molecule has 0 aromatic carbocycles. The van der Waals surface area contributed by atoms with Gasteiger partial charge in [-0.25, -0.2) is 15.8 Å². The van der Waals surface area contributed by atoms with E-state index in [4.69, 9.17) is 5.84 Å². The van der Waals surface area contributed by atoms with E-state index in [0.29, 0.717) is 5.82 Å². The maximum Gasteiger partial charge on any atom is 0.161 e. The molecule has 56 valence electrons. The summed E-state index contributed by atoms with van der Waals surface area (Å²) in [5.74, 6) is 5.93. The molecule has 0 radical (unpaired) electrons. The van der Waals surface area contributed by atoms with Crippen molar-refractivity contribution in [1.29, 1.82) is 0 Å². The number of hydrogen-bond donors (Lipinski definition) is 2. The van der Waals surface area contributed by atoms with Crippen molar-refractivity contribution in [3.8, 4) is 0 Å². The summed E-state index contributed by atoms with van der Waals surface area (Å²) in [5.41, 5.74) is 3.44. The summed E-state index contributed by atoms with van der Waals surface area (Å²) in [7, 11) is 0. The zero-order chi connectivity index (χ0) is 7.68. The fraction of sp³-hybridized carbons (Fsp3) is 0. The minimum Gasteiger partial charge on any atom is -0.307 e. The third-order valence-corrected chi connectivity index (χ3v) is 2.29. The molecule has 2 aromatic heterocycles. The summed E-state index contributed by atoms with van der Waals surface area (Å²) in [6.45, 7) is 0. The number of nitrogen functional groups attached to an aromatic ring is 1. The highest BCUT2D eigenvalue weighted by Gasteiger charge is 2.01. The highest BCUT2D eigenvalue weighted by atomic mass is 32.1. The summed E-state index contributed by atoms with van der Waals surface area (Å²) in [4.78, 5) is 8.01. The fourth-order valence-electron chi connectivity index (χ4n) is 0.892. The van der Waals surface area contributed by atoms with Crippen LogP contribution in [-0.2, 0) is 0 Å². The number of rotatable bonds is 1. The lowest BCUT2D eigenvalue weighted by Gasteiger charge is -1.97. The molecule has 4 nitrogen and oxygen atoms in total. The van der Waals surface area contributed by atoms with Crippen LogP contribution in [-0.4, -0.2) is 9.97 Å². The Kier molecular flexibility index (Phi) is 1.45. The van der Waals surface area contributed by atoms with Crippen molar-refractivity contribution < 1.29 is 0 Å². The van der Waals surface area contributed by atoms with Crippen LogP contribution >= 0.6 is 11.3 Å². The van der Waals surface area contributed by atoms with Crippen LogP contribution in [0.2, 0.25) is 0 Å². The van der Waals surface area contributed by atoms with Gasteiger partial charge in [-0.15, -0.1) is 11.3 Å². The Morgan fingerprint density at radius 3 is 3.18 bits per heavy atom. The smallest absolute Gasteiger partial charge is 0.161 e. The normalized spacial score (nSPS) is 10.3. The Morgan fingerprint density at radius 2 is 2.36 bits per heavy atom. The summed E-state index contributed by atoms with van der Waals surface area (Å²) in [5, 5.41) is 1.96. The van der Waals surface area contributed by atoms with Crippen molar-refractivity contribution in [2.24, 2.45) is 5.84 Å². The van der Waals surface area contributed by atoms with Crippen LogP contribution < -0.4 is 11.3 Å². The maximum absolute atomic E-state index is 5.24. The SMILES string of the molecule is NNc1ncnc2ccsc12. The van der Waals surface area contributed by atoms with Gasteiger partial charge in [0.1, 0.15) is 6.33 Å². The Morgan fingerprint density at radius 1 is 1.45 bits per heavy atom. The Bertz CT molecular complexity index is 369. The minimum atomic E-state index is 0.685.